The second kappa shape index (κ2) is 7.16. The van der Waals surface area contributed by atoms with Crippen LogP contribution in [0.5, 0.6) is 0 Å². The van der Waals surface area contributed by atoms with Gasteiger partial charge in [0.15, 0.2) is 0 Å². The summed E-state index contributed by atoms with van der Waals surface area (Å²) in [6.45, 7) is 11.5. The summed E-state index contributed by atoms with van der Waals surface area (Å²) in [5.41, 5.74) is 3.34. The molecule has 1 fully saturated rings. The number of hydrogen-bond acceptors (Lipinski definition) is 3. The van der Waals surface area contributed by atoms with Gasteiger partial charge >= 0.3 is 0 Å². The van der Waals surface area contributed by atoms with Crippen molar-refractivity contribution in [2.75, 3.05) is 26.3 Å². The van der Waals surface area contributed by atoms with Crippen molar-refractivity contribution in [3.63, 3.8) is 0 Å². The third-order valence-corrected chi connectivity index (χ3v) is 5.18. The smallest absolute Gasteiger partial charge is 0.223 e. The maximum atomic E-state index is 12.7. The fourth-order valence-corrected chi connectivity index (χ4v) is 3.29. The largest absolute Gasteiger partial charge is 0.379 e. The number of imidazole rings is 1. The summed E-state index contributed by atoms with van der Waals surface area (Å²) in [4.78, 5) is 22.7. The molecule has 1 N–H and O–H groups in total. The molecule has 136 valence electrons. The molecule has 2 heterocycles. The molecular weight excluding hydrogens is 314 g/mol. The van der Waals surface area contributed by atoms with E-state index in [0.29, 0.717) is 31.9 Å². The number of aromatic nitrogens is 2. The Kier molecular flexibility index (Phi) is 5.13. The molecular formula is C20H29N3O2. The first-order chi connectivity index (χ1) is 11.8. The third kappa shape index (κ3) is 4.21. The van der Waals surface area contributed by atoms with Crippen LogP contribution < -0.4 is 0 Å². The number of carbonyl (C=O) groups is 1. The van der Waals surface area contributed by atoms with Crippen molar-refractivity contribution in [2.45, 2.75) is 40.5 Å². The van der Waals surface area contributed by atoms with Crippen molar-refractivity contribution >= 4 is 16.9 Å². The summed E-state index contributed by atoms with van der Waals surface area (Å²) in [6.07, 6.45) is 1.13. The molecule has 0 saturated carbocycles. The Balaban J connectivity index is 1.63. The minimum absolute atomic E-state index is 0.138. The van der Waals surface area contributed by atoms with E-state index in [-0.39, 0.29) is 11.3 Å². The molecule has 25 heavy (non-hydrogen) atoms. The summed E-state index contributed by atoms with van der Waals surface area (Å²) in [6, 6.07) is 6.11. The number of benzene rings is 1. The van der Waals surface area contributed by atoms with Gasteiger partial charge in [0, 0.05) is 31.8 Å². The second-order valence-electron chi connectivity index (χ2n) is 8.13. The van der Waals surface area contributed by atoms with E-state index >= 15 is 0 Å². The summed E-state index contributed by atoms with van der Waals surface area (Å²) in [5.74, 6) is 1.45. The molecule has 1 aromatic carbocycles. The highest BCUT2D eigenvalue weighted by Crippen LogP contribution is 2.28. The lowest BCUT2D eigenvalue weighted by molar-refractivity contribution is -0.131. The van der Waals surface area contributed by atoms with Gasteiger partial charge in [0.05, 0.1) is 24.2 Å². The van der Waals surface area contributed by atoms with Crippen LogP contribution in [0.25, 0.3) is 11.0 Å². The molecule has 1 unspecified atom stereocenters. The van der Waals surface area contributed by atoms with E-state index in [1.807, 2.05) is 17.0 Å². The van der Waals surface area contributed by atoms with Gasteiger partial charge < -0.3 is 14.6 Å². The Morgan fingerprint density at radius 2 is 2.20 bits per heavy atom. The van der Waals surface area contributed by atoms with Crippen LogP contribution in [0.4, 0.5) is 0 Å². The van der Waals surface area contributed by atoms with Gasteiger partial charge in [-0.15, -0.1) is 0 Å². The Labute approximate surface area is 149 Å². The highest BCUT2D eigenvalue weighted by molar-refractivity contribution is 5.79. The summed E-state index contributed by atoms with van der Waals surface area (Å²) < 4.78 is 5.72. The lowest BCUT2D eigenvalue weighted by atomic mass is 9.81. The number of nitrogens with zero attached hydrogens (tertiary/aromatic N) is 2. The molecule has 5 nitrogen and oxygen atoms in total. The Morgan fingerprint density at radius 3 is 2.92 bits per heavy atom. The lowest BCUT2D eigenvalue weighted by Crippen LogP contribution is -2.39. The third-order valence-electron chi connectivity index (χ3n) is 5.18. The minimum Gasteiger partial charge on any atom is -0.379 e. The van der Waals surface area contributed by atoms with Crippen molar-refractivity contribution < 1.29 is 9.53 Å². The van der Waals surface area contributed by atoms with Crippen molar-refractivity contribution in [1.29, 1.82) is 0 Å². The maximum absolute atomic E-state index is 12.7. The quantitative estimate of drug-likeness (QED) is 0.930. The zero-order chi connectivity index (χ0) is 18.0. The predicted molar refractivity (Wildman–Crippen MR) is 99.5 cm³/mol. The van der Waals surface area contributed by atoms with Gasteiger partial charge in [0.1, 0.15) is 5.82 Å². The number of aryl methyl sites for hydroxylation is 2. The van der Waals surface area contributed by atoms with Crippen molar-refractivity contribution in [2.24, 2.45) is 11.3 Å². The average Bonchev–Trinajstić information content (AvgIpc) is 2.80. The number of rotatable bonds is 3. The van der Waals surface area contributed by atoms with E-state index in [4.69, 9.17) is 4.74 Å². The normalized spacial score (nSPS) is 19.2. The number of ether oxygens (including phenoxy) is 1. The number of hydrogen-bond donors (Lipinski definition) is 1. The van der Waals surface area contributed by atoms with Crippen LogP contribution >= 0.6 is 0 Å². The summed E-state index contributed by atoms with van der Waals surface area (Å²) in [5, 5.41) is 0. The number of nitrogens with one attached hydrogen (secondary N) is 1. The molecule has 0 radical (unpaired) electrons. The fourth-order valence-electron chi connectivity index (χ4n) is 3.29. The van der Waals surface area contributed by atoms with Gasteiger partial charge in [0.25, 0.3) is 0 Å². The number of carbonyl (C=O) groups excluding carboxylic acids is 1. The van der Waals surface area contributed by atoms with Crippen LogP contribution in [-0.2, 0) is 16.0 Å². The molecule has 1 aliphatic heterocycles. The van der Waals surface area contributed by atoms with E-state index in [1.165, 1.54) is 0 Å². The van der Waals surface area contributed by atoms with Crippen LogP contribution in [0.1, 0.15) is 38.6 Å². The number of para-hydroxylation sites is 1. The molecule has 1 saturated heterocycles. The number of aromatic amines is 1. The van der Waals surface area contributed by atoms with Gasteiger partial charge in [0.2, 0.25) is 5.91 Å². The molecule has 1 aliphatic rings. The van der Waals surface area contributed by atoms with Crippen LogP contribution in [0.3, 0.4) is 0 Å². The molecule has 5 heteroatoms. The zero-order valence-electron chi connectivity index (χ0n) is 15.8. The van der Waals surface area contributed by atoms with E-state index in [0.717, 1.165) is 35.6 Å². The number of H-pyrrole nitrogens is 1. The SMILES string of the molecule is Cc1cccc2[nH]c(CCC(=O)N3CCOCC(C(C)(C)C)C3)nc12. The Morgan fingerprint density at radius 1 is 1.40 bits per heavy atom. The van der Waals surface area contributed by atoms with E-state index < -0.39 is 0 Å². The van der Waals surface area contributed by atoms with E-state index in [2.05, 4.69) is 43.7 Å². The first kappa shape index (κ1) is 17.9. The van der Waals surface area contributed by atoms with Crippen molar-refractivity contribution in [3.8, 4) is 0 Å². The molecule has 3 rings (SSSR count). The first-order valence-corrected chi connectivity index (χ1v) is 9.14. The number of amides is 1. The minimum atomic E-state index is 0.138. The van der Waals surface area contributed by atoms with Gasteiger partial charge in [-0.1, -0.05) is 32.9 Å². The zero-order valence-corrected chi connectivity index (χ0v) is 15.8. The van der Waals surface area contributed by atoms with Crippen LogP contribution in [0, 0.1) is 18.3 Å². The monoisotopic (exact) mass is 343 g/mol. The topological polar surface area (TPSA) is 58.2 Å². The van der Waals surface area contributed by atoms with Crippen LogP contribution in [0.2, 0.25) is 0 Å². The molecule has 1 amide bonds. The highest BCUT2D eigenvalue weighted by Gasteiger charge is 2.30. The molecule has 1 atom stereocenters. The first-order valence-electron chi connectivity index (χ1n) is 9.14. The van der Waals surface area contributed by atoms with E-state index in [1.54, 1.807) is 0 Å². The average molecular weight is 343 g/mol. The summed E-state index contributed by atoms with van der Waals surface area (Å²) in [7, 11) is 0. The van der Waals surface area contributed by atoms with E-state index in [9.17, 15) is 4.79 Å². The Hall–Kier alpha value is -1.88. The molecule has 0 spiro atoms. The second-order valence-corrected chi connectivity index (χ2v) is 8.13. The maximum Gasteiger partial charge on any atom is 0.223 e. The standard InChI is InChI=1S/C20H29N3O2/c1-14-6-5-7-16-19(14)22-17(21-16)8-9-18(24)23-10-11-25-13-15(12-23)20(2,3)4/h5-7,15H,8-13H2,1-4H3,(H,21,22). The molecule has 0 aliphatic carbocycles. The fraction of sp³-hybridized carbons (Fsp3) is 0.600. The van der Waals surface area contributed by atoms with Crippen molar-refractivity contribution in [1.82, 2.24) is 14.9 Å². The summed E-state index contributed by atoms with van der Waals surface area (Å²) >= 11 is 0. The molecule has 2 aromatic rings. The molecule has 1 aromatic heterocycles. The Bertz CT molecular complexity index is 745. The van der Waals surface area contributed by atoms with Crippen LogP contribution in [0.15, 0.2) is 18.2 Å². The van der Waals surface area contributed by atoms with Gasteiger partial charge in [-0.25, -0.2) is 4.98 Å². The molecule has 0 bridgehead atoms. The van der Waals surface area contributed by atoms with Gasteiger partial charge in [-0.3, -0.25) is 4.79 Å². The lowest BCUT2D eigenvalue weighted by Gasteiger charge is -2.32. The van der Waals surface area contributed by atoms with Gasteiger partial charge in [-0.05, 0) is 24.0 Å². The highest BCUT2D eigenvalue weighted by atomic mass is 16.5. The number of fused-ring (bicyclic) bond motifs is 1. The van der Waals surface area contributed by atoms with Gasteiger partial charge in [-0.2, -0.15) is 0 Å². The predicted octanol–water partition coefficient (Wildman–Crippen LogP) is 3.33. The van der Waals surface area contributed by atoms with Crippen molar-refractivity contribution in [3.05, 3.63) is 29.6 Å². The van der Waals surface area contributed by atoms with Crippen LogP contribution in [-0.4, -0.2) is 47.1 Å².